The molecule has 0 saturated carbocycles. The molecule has 0 N–H and O–H groups in total. The molecule has 3 rings (SSSR count). The van der Waals surface area contributed by atoms with Crippen molar-refractivity contribution in [2.45, 2.75) is 0 Å². The summed E-state index contributed by atoms with van der Waals surface area (Å²) in [5.74, 6) is -1.27. The highest BCUT2D eigenvalue weighted by molar-refractivity contribution is 6.52. The Morgan fingerprint density at radius 3 is 2.50 bits per heavy atom. The molecule has 100 valence electrons. The third kappa shape index (κ3) is 1.80. The fraction of sp³-hybridized carbons (Fsp3) is 0. The van der Waals surface area contributed by atoms with Gasteiger partial charge in [0.15, 0.2) is 5.82 Å². The molecule has 20 heavy (non-hydrogen) atoms. The van der Waals surface area contributed by atoms with E-state index in [-0.39, 0.29) is 22.0 Å². The molecule has 0 unspecified atom stereocenters. The lowest BCUT2D eigenvalue weighted by atomic mass is 10.0. The molecule has 1 aliphatic heterocycles. The molecule has 3 nitrogen and oxygen atoms in total. The van der Waals surface area contributed by atoms with Crippen LogP contribution >= 0.6 is 23.2 Å². The number of carbonyl (C=O) groups is 1. The Kier molecular flexibility index (Phi) is 3.00. The Morgan fingerprint density at radius 2 is 1.85 bits per heavy atom. The molecule has 0 amide bonds. The topological polar surface area (TPSA) is 43.1 Å². The number of hydrogen-bond donors (Lipinski definition) is 0. The number of nitrogens with zero attached hydrogens (tertiary/aromatic N) is 1. The van der Waals surface area contributed by atoms with Crippen LogP contribution in [0.5, 0.6) is 0 Å². The number of para-hydroxylation sites is 1. The fourth-order valence-corrected chi connectivity index (χ4v) is 2.43. The van der Waals surface area contributed by atoms with Crippen LogP contribution in [0.1, 0.15) is 15.9 Å². The molecule has 0 spiro atoms. The summed E-state index contributed by atoms with van der Waals surface area (Å²) in [4.78, 5) is 12.2. The largest absolute Gasteiger partial charge is 0.618 e. The van der Waals surface area contributed by atoms with E-state index in [0.717, 1.165) is 6.07 Å². The van der Waals surface area contributed by atoms with Gasteiger partial charge in [-0.1, -0.05) is 29.3 Å². The predicted molar refractivity (Wildman–Crippen MR) is 74.6 cm³/mol. The van der Waals surface area contributed by atoms with Crippen LogP contribution in [-0.4, -0.2) is 16.2 Å². The van der Waals surface area contributed by atoms with Gasteiger partial charge in [0, 0.05) is 0 Å². The smallest absolute Gasteiger partial charge is 0.273 e. The first-order valence-electron chi connectivity index (χ1n) is 5.63. The first-order valence-corrected chi connectivity index (χ1v) is 6.39. The third-order valence-electron chi connectivity index (χ3n) is 3.05. The Bertz CT molecular complexity index is 787. The molecule has 0 fully saturated rings. The van der Waals surface area contributed by atoms with Crippen LogP contribution in [0.2, 0.25) is 10.0 Å². The van der Waals surface area contributed by atoms with Crippen LogP contribution in [0.3, 0.4) is 0 Å². The summed E-state index contributed by atoms with van der Waals surface area (Å²) >= 11 is 11.7. The van der Waals surface area contributed by atoms with Crippen molar-refractivity contribution in [1.29, 1.82) is 0 Å². The van der Waals surface area contributed by atoms with Crippen molar-refractivity contribution < 1.29 is 13.9 Å². The summed E-state index contributed by atoms with van der Waals surface area (Å²) < 4.78 is 14.0. The molecular formula is C14H6Cl2FNO2. The maximum atomic E-state index is 13.7. The highest BCUT2D eigenvalue weighted by atomic mass is 35.5. The molecule has 1 aliphatic rings. The average molecular weight is 310 g/mol. The highest BCUT2D eigenvalue weighted by Crippen LogP contribution is 2.32. The number of halogens is 3. The van der Waals surface area contributed by atoms with Crippen molar-refractivity contribution in [2.24, 2.45) is 0 Å². The van der Waals surface area contributed by atoms with E-state index in [0.29, 0.717) is 15.3 Å². The van der Waals surface area contributed by atoms with E-state index < -0.39 is 11.6 Å². The fourth-order valence-electron chi connectivity index (χ4n) is 2.13. The number of ketones is 1. The molecule has 1 heterocycles. The van der Waals surface area contributed by atoms with Crippen LogP contribution in [-0.2, 0) is 0 Å². The van der Waals surface area contributed by atoms with Gasteiger partial charge in [-0.15, -0.1) is 0 Å². The monoisotopic (exact) mass is 309 g/mol. The second kappa shape index (κ2) is 4.58. The van der Waals surface area contributed by atoms with Gasteiger partial charge in [0.25, 0.3) is 17.2 Å². The molecule has 0 atom stereocenters. The van der Waals surface area contributed by atoms with Crippen molar-refractivity contribution in [2.75, 3.05) is 0 Å². The summed E-state index contributed by atoms with van der Waals surface area (Å²) in [5, 5.41) is 12.7. The number of carbonyl (C=O) groups excluding carboxylic acids is 1. The lowest BCUT2D eigenvalue weighted by Crippen LogP contribution is -2.16. The van der Waals surface area contributed by atoms with Gasteiger partial charge in [0.1, 0.15) is 5.56 Å². The van der Waals surface area contributed by atoms with E-state index in [1.165, 1.54) is 30.3 Å². The molecule has 0 aromatic heterocycles. The Hall–Kier alpha value is -1.91. The molecule has 2 aromatic rings. The maximum absolute atomic E-state index is 13.7. The first kappa shape index (κ1) is 13.1. The molecule has 0 bridgehead atoms. The first-order chi connectivity index (χ1) is 9.50. The lowest BCUT2D eigenvalue weighted by molar-refractivity contribution is -0.358. The minimum Gasteiger partial charge on any atom is -0.618 e. The number of hydrogen-bond acceptors (Lipinski definition) is 2. The van der Waals surface area contributed by atoms with Gasteiger partial charge in [-0.05, 0) is 30.3 Å². The summed E-state index contributed by atoms with van der Waals surface area (Å²) in [6.07, 6.45) is 0. The Morgan fingerprint density at radius 1 is 1.10 bits per heavy atom. The summed E-state index contributed by atoms with van der Waals surface area (Å²) in [5.41, 5.74) is -0.0849. The van der Waals surface area contributed by atoms with Gasteiger partial charge in [-0.2, -0.15) is 9.13 Å². The Labute approximate surface area is 123 Å². The summed E-state index contributed by atoms with van der Waals surface area (Å²) in [6.45, 7) is 0. The summed E-state index contributed by atoms with van der Waals surface area (Å²) in [7, 11) is 0. The Balaban J connectivity index is 2.23. The molecule has 0 radical (unpaired) electrons. The zero-order valence-corrected chi connectivity index (χ0v) is 11.4. The van der Waals surface area contributed by atoms with E-state index in [4.69, 9.17) is 23.2 Å². The standard InChI is InChI=1S/C14H6Cl2FNO2/c15-9-5-4-7(6-10(9)16)12-14(19)8-2-1-3-11(17)13(8)18(12)20/h1-6H. The van der Waals surface area contributed by atoms with E-state index >= 15 is 0 Å². The van der Waals surface area contributed by atoms with Crippen LogP contribution in [0.25, 0.3) is 0 Å². The van der Waals surface area contributed by atoms with Gasteiger partial charge in [0.2, 0.25) is 0 Å². The number of rotatable bonds is 1. The van der Waals surface area contributed by atoms with E-state index in [1.807, 2.05) is 0 Å². The van der Waals surface area contributed by atoms with E-state index in [9.17, 15) is 14.4 Å². The minimum absolute atomic E-state index is 0.0427. The normalized spacial score (nSPS) is 13.8. The van der Waals surface area contributed by atoms with Gasteiger partial charge in [0.05, 0.1) is 15.6 Å². The van der Waals surface area contributed by atoms with Crippen LogP contribution in [0, 0.1) is 11.0 Å². The second-order valence-corrected chi connectivity index (χ2v) is 5.05. The number of Topliss-reactive ketones (excluding diaryl/α,β-unsaturated/α-hetero) is 1. The van der Waals surface area contributed by atoms with Crippen molar-refractivity contribution in [3.63, 3.8) is 0 Å². The predicted octanol–water partition coefficient (Wildman–Crippen LogP) is 3.96. The van der Waals surface area contributed by atoms with E-state index in [2.05, 4.69) is 0 Å². The third-order valence-corrected chi connectivity index (χ3v) is 3.78. The van der Waals surface area contributed by atoms with Crippen LogP contribution < -0.4 is 0 Å². The molecule has 2 aromatic carbocycles. The van der Waals surface area contributed by atoms with Gasteiger partial charge < -0.3 is 5.21 Å². The van der Waals surface area contributed by atoms with Gasteiger partial charge >= 0.3 is 0 Å². The van der Waals surface area contributed by atoms with Crippen molar-refractivity contribution in [1.82, 2.24) is 0 Å². The van der Waals surface area contributed by atoms with Gasteiger partial charge in [-0.3, -0.25) is 4.79 Å². The zero-order valence-electron chi connectivity index (χ0n) is 9.86. The van der Waals surface area contributed by atoms with Gasteiger partial charge in [-0.25, -0.2) is 0 Å². The minimum atomic E-state index is -0.735. The zero-order chi connectivity index (χ0) is 14.4. The average Bonchev–Trinajstić information content (AvgIpc) is 2.67. The van der Waals surface area contributed by atoms with Crippen molar-refractivity contribution in [3.8, 4) is 0 Å². The maximum Gasteiger partial charge on any atom is 0.273 e. The molecule has 0 aliphatic carbocycles. The molecule has 0 saturated heterocycles. The van der Waals surface area contributed by atoms with Crippen LogP contribution in [0.4, 0.5) is 10.1 Å². The number of fused-ring (bicyclic) bond motifs is 1. The SMILES string of the molecule is O=C1C(c2ccc(Cl)c(Cl)c2)=[N+]([O-])c2c(F)cccc21. The quantitative estimate of drug-likeness (QED) is 0.591. The molecular weight excluding hydrogens is 304 g/mol. The lowest BCUT2D eigenvalue weighted by Gasteiger charge is -2.03. The van der Waals surface area contributed by atoms with Crippen molar-refractivity contribution >= 4 is 40.4 Å². The number of benzene rings is 2. The summed E-state index contributed by atoms with van der Waals surface area (Å²) in [6, 6.07) is 8.32. The van der Waals surface area contributed by atoms with Crippen LogP contribution in [0.15, 0.2) is 36.4 Å². The van der Waals surface area contributed by atoms with E-state index in [1.54, 1.807) is 0 Å². The highest BCUT2D eigenvalue weighted by Gasteiger charge is 2.38. The molecule has 6 heteroatoms. The van der Waals surface area contributed by atoms with Crippen molar-refractivity contribution in [3.05, 3.63) is 68.6 Å². The second-order valence-electron chi connectivity index (χ2n) is 4.24.